The Hall–Kier alpha value is -4.49. The fraction of sp³-hybridized carbons (Fsp3) is 0.483. The Kier molecular flexibility index (Phi) is 10.1. The van der Waals surface area contributed by atoms with E-state index >= 15 is 0 Å². The summed E-state index contributed by atoms with van der Waals surface area (Å²) in [6, 6.07) is 9.01. The van der Waals surface area contributed by atoms with Crippen molar-refractivity contribution in [3.8, 4) is 5.75 Å². The predicted octanol–water partition coefficient (Wildman–Crippen LogP) is 6.60. The molecule has 43 heavy (non-hydrogen) atoms. The van der Waals surface area contributed by atoms with E-state index in [0.717, 1.165) is 12.1 Å². The third-order valence-electron chi connectivity index (χ3n) is 5.95. The lowest BCUT2D eigenvalue weighted by atomic mass is 10.00. The molecular formula is C29H34F2N2O10. The SMILES string of the molecule is CC(C)(C)OC(=O)O[C@H]1CN(C(=O)OC(C)(C)C)[C@H](Cc2ccc(C(F)F)cc2)[C@@H]1OC(=O)Oc1ccc([N+](=O)[O-])cc1. The quantitative estimate of drug-likeness (QED) is 0.111. The molecule has 234 valence electrons. The van der Waals surface area contributed by atoms with Gasteiger partial charge in [-0.3, -0.25) is 15.0 Å². The van der Waals surface area contributed by atoms with Gasteiger partial charge in [0.25, 0.3) is 12.1 Å². The Balaban J connectivity index is 1.94. The van der Waals surface area contributed by atoms with Gasteiger partial charge in [-0.2, -0.15) is 0 Å². The van der Waals surface area contributed by atoms with Gasteiger partial charge in [-0.1, -0.05) is 24.3 Å². The van der Waals surface area contributed by atoms with Crippen molar-refractivity contribution in [1.82, 2.24) is 4.90 Å². The molecule has 0 unspecified atom stereocenters. The summed E-state index contributed by atoms with van der Waals surface area (Å²) in [6.45, 7) is 9.57. The van der Waals surface area contributed by atoms with E-state index in [9.17, 15) is 33.3 Å². The molecule has 1 aliphatic rings. The van der Waals surface area contributed by atoms with Crippen LogP contribution >= 0.6 is 0 Å². The van der Waals surface area contributed by atoms with Gasteiger partial charge in [-0.25, -0.2) is 23.2 Å². The van der Waals surface area contributed by atoms with E-state index in [0.29, 0.717) is 5.56 Å². The van der Waals surface area contributed by atoms with Crippen LogP contribution in [-0.4, -0.2) is 64.2 Å². The zero-order valence-corrected chi connectivity index (χ0v) is 24.6. The summed E-state index contributed by atoms with van der Waals surface area (Å²) in [5.74, 6) is -0.0682. The van der Waals surface area contributed by atoms with Crippen LogP contribution in [0.2, 0.25) is 0 Å². The number of carbonyl (C=O) groups is 3. The highest BCUT2D eigenvalue weighted by Crippen LogP contribution is 2.31. The third-order valence-corrected chi connectivity index (χ3v) is 5.95. The molecule has 0 bridgehead atoms. The summed E-state index contributed by atoms with van der Waals surface area (Å²) in [5, 5.41) is 10.9. The average Bonchev–Trinajstić information content (AvgIpc) is 3.18. The average molecular weight is 609 g/mol. The van der Waals surface area contributed by atoms with Crippen LogP contribution in [0.5, 0.6) is 5.75 Å². The first kappa shape index (κ1) is 33.0. The van der Waals surface area contributed by atoms with E-state index in [2.05, 4.69) is 0 Å². The number of nitro groups is 1. The fourth-order valence-electron chi connectivity index (χ4n) is 4.18. The van der Waals surface area contributed by atoms with E-state index < -0.39 is 59.2 Å². The van der Waals surface area contributed by atoms with Crippen LogP contribution in [0.25, 0.3) is 0 Å². The second-order valence-electron chi connectivity index (χ2n) is 11.8. The second kappa shape index (κ2) is 13.2. The first-order chi connectivity index (χ1) is 19.9. The van der Waals surface area contributed by atoms with Crippen molar-refractivity contribution in [3.05, 3.63) is 69.8 Å². The van der Waals surface area contributed by atoms with Gasteiger partial charge in [-0.05, 0) is 65.7 Å². The van der Waals surface area contributed by atoms with Crippen molar-refractivity contribution in [3.63, 3.8) is 0 Å². The number of hydrogen-bond acceptors (Lipinski definition) is 10. The van der Waals surface area contributed by atoms with E-state index in [1.54, 1.807) is 41.5 Å². The van der Waals surface area contributed by atoms with Crippen LogP contribution in [0.3, 0.4) is 0 Å². The van der Waals surface area contributed by atoms with Crippen LogP contribution in [0.15, 0.2) is 48.5 Å². The molecule has 0 aliphatic carbocycles. The van der Waals surface area contributed by atoms with Crippen molar-refractivity contribution in [2.45, 2.75) is 83.8 Å². The molecule has 1 fully saturated rings. The molecule has 1 aliphatic heterocycles. The molecule has 0 aromatic heterocycles. The molecule has 0 N–H and O–H groups in total. The van der Waals surface area contributed by atoms with Gasteiger partial charge < -0.3 is 23.7 Å². The molecular weight excluding hydrogens is 574 g/mol. The normalized spacial score (nSPS) is 18.6. The zero-order chi connectivity index (χ0) is 32.1. The number of halogens is 2. The van der Waals surface area contributed by atoms with E-state index in [1.807, 2.05) is 0 Å². The highest BCUT2D eigenvalue weighted by atomic mass is 19.3. The number of ether oxygens (including phenoxy) is 5. The number of rotatable bonds is 7. The molecule has 14 heteroatoms. The summed E-state index contributed by atoms with van der Waals surface area (Å²) in [4.78, 5) is 50.3. The first-order valence-corrected chi connectivity index (χ1v) is 13.3. The number of alkyl halides is 2. The summed E-state index contributed by atoms with van der Waals surface area (Å²) in [7, 11) is 0. The van der Waals surface area contributed by atoms with Gasteiger partial charge in [-0.15, -0.1) is 0 Å². The lowest BCUT2D eigenvalue weighted by Gasteiger charge is -2.30. The molecule has 1 amide bonds. The number of likely N-dealkylation sites (tertiary alicyclic amines) is 1. The monoisotopic (exact) mass is 608 g/mol. The second-order valence-corrected chi connectivity index (χ2v) is 11.8. The highest BCUT2D eigenvalue weighted by molar-refractivity contribution is 5.70. The van der Waals surface area contributed by atoms with Crippen LogP contribution < -0.4 is 4.74 Å². The number of benzene rings is 2. The van der Waals surface area contributed by atoms with Crippen molar-refractivity contribution in [2.24, 2.45) is 0 Å². The largest absolute Gasteiger partial charge is 0.514 e. The van der Waals surface area contributed by atoms with Crippen molar-refractivity contribution >= 4 is 24.1 Å². The van der Waals surface area contributed by atoms with Crippen LogP contribution in [0, 0.1) is 10.1 Å². The molecule has 0 spiro atoms. The highest BCUT2D eigenvalue weighted by Gasteiger charge is 2.50. The Morgan fingerprint density at radius 3 is 2.00 bits per heavy atom. The van der Waals surface area contributed by atoms with Crippen molar-refractivity contribution in [1.29, 1.82) is 0 Å². The minimum absolute atomic E-state index is 0.00752. The summed E-state index contributed by atoms with van der Waals surface area (Å²) < 4.78 is 53.3. The standard InChI is InChI=1S/C29H34F2N2O10/c1-28(2,3)42-25(34)32-16-22(40-27(36)43-29(4,5)6)23(21(32)15-17-7-9-18(10-8-17)24(30)31)41-26(35)39-20-13-11-19(12-14-20)33(37)38/h7-14,21-24H,15-16H2,1-6H3/t21-,22+,23+/m1/s1. The number of amides is 1. The van der Waals surface area contributed by atoms with Crippen LogP contribution in [0.1, 0.15) is 59.1 Å². The molecule has 0 saturated carbocycles. The number of hydrogen-bond donors (Lipinski definition) is 0. The molecule has 3 atom stereocenters. The van der Waals surface area contributed by atoms with E-state index in [1.165, 1.54) is 41.3 Å². The van der Waals surface area contributed by atoms with Crippen LogP contribution in [-0.2, 0) is 25.4 Å². The topological polar surface area (TPSA) is 144 Å². The van der Waals surface area contributed by atoms with Gasteiger partial charge >= 0.3 is 18.4 Å². The maximum Gasteiger partial charge on any atom is 0.514 e. The molecule has 0 radical (unpaired) electrons. The molecule has 12 nitrogen and oxygen atoms in total. The van der Waals surface area contributed by atoms with Crippen LogP contribution in [0.4, 0.5) is 28.9 Å². The summed E-state index contributed by atoms with van der Waals surface area (Å²) in [5.41, 5.74) is -1.75. The molecule has 3 rings (SSSR count). The molecule has 2 aromatic rings. The first-order valence-electron chi connectivity index (χ1n) is 13.3. The lowest BCUT2D eigenvalue weighted by molar-refractivity contribution is -0.384. The summed E-state index contributed by atoms with van der Waals surface area (Å²) >= 11 is 0. The Labute approximate surface area is 246 Å². The van der Waals surface area contributed by atoms with Gasteiger partial charge in [0.15, 0.2) is 12.2 Å². The Bertz CT molecular complexity index is 1300. The Morgan fingerprint density at radius 1 is 0.907 bits per heavy atom. The van der Waals surface area contributed by atoms with Crippen molar-refractivity contribution in [2.75, 3.05) is 6.54 Å². The van der Waals surface area contributed by atoms with E-state index in [4.69, 9.17) is 23.7 Å². The van der Waals surface area contributed by atoms with Crippen molar-refractivity contribution < 1.29 is 51.8 Å². The maximum absolute atomic E-state index is 13.3. The van der Waals surface area contributed by atoms with Gasteiger partial charge in [0.2, 0.25) is 0 Å². The smallest absolute Gasteiger partial charge is 0.444 e. The molecule has 1 heterocycles. The van der Waals surface area contributed by atoms with Gasteiger partial charge in [0, 0.05) is 17.7 Å². The minimum Gasteiger partial charge on any atom is -0.444 e. The van der Waals surface area contributed by atoms with Gasteiger partial charge in [0.1, 0.15) is 17.0 Å². The summed E-state index contributed by atoms with van der Waals surface area (Å²) in [6.07, 6.45) is -8.38. The number of non-ortho nitro benzene ring substituents is 1. The third kappa shape index (κ3) is 9.79. The van der Waals surface area contributed by atoms with E-state index in [-0.39, 0.29) is 30.0 Å². The fourth-order valence-corrected chi connectivity index (χ4v) is 4.18. The zero-order valence-electron chi connectivity index (χ0n) is 24.6. The number of nitrogens with zero attached hydrogens (tertiary/aromatic N) is 2. The molecule has 2 aromatic carbocycles. The lowest BCUT2D eigenvalue weighted by Crippen LogP contribution is -2.45. The predicted molar refractivity (Wildman–Crippen MR) is 147 cm³/mol. The number of nitro benzene ring substituents is 1. The number of carbonyl (C=O) groups excluding carboxylic acids is 3. The minimum atomic E-state index is -2.68. The molecule has 1 saturated heterocycles. The Morgan fingerprint density at radius 2 is 1.49 bits per heavy atom. The van der Waals surface area contributed by atoms with Gasteiger partial charge in [0.05, 0.1) is 17.5 Å². The maximum atomic E-state index is 13.3.